The van der Waals surface area contributed by atoms with Crippen LogP contribution in [-0.2, 0) is 0 Å². The zero-order valence-electron chi connectivity index (χ0n) is 28.7. The van der Waals surface area contributed by atoms with E-state index in [1.807, 2.05) is 0 Å². The van der Waals surface area contributed by atoms with Gasteiger partial charge in [-0.05, 0) is 104 Å². The summed E-state index contributed by atoms with van der Waals surface area (Å²) in [6, 6.07) is 25.2. The van der Waals surface area contributed by atoms with Gasteiger partial charge in [0.2, 0.25) is 23.4 Å². The fraction of sp³-hybridized carbons (Fsp3) is 0. The van der Waals surface area contributed by atoms with Crippen molar-refractivity contribution in [2.24, 2.45) is 0 Å². The van der Waals surface area contributed by atoms with Gasteiger partial charge in [-0.15, -0.1) is 0 Å². The predicted octanol–water partition coefficient (Wildman–Crippen LogP) is 13.5. The highest BCUT2D eigenvalue weighted by Gasteiger charge is 2.28. The molecule has 0 aliphatic heterocycles. The fourth-order valence-corrected chi connectivity index (χ4v) is 7.13. The summed E-state index contributed by atoms with van der Waals surface area (Å²) in [5.74, 6) is -19.8. The van der Waals surface area contributed by atoms with E-state index in [0.29, 0.717) is 54.9 Å². The van der Waals surface area contributed by atoms with Crippen molar-refractivity contribution in [1.29, 1.82) is 0 Å². The number of fused-ring (bicyclic) bond motifs is 5. The molecule has 0 bridgehead atoms. The second kappa shape index (κ2) is 12.6. The van der Waals surface area contributed by atoms with Crippen LogP contribution in [0.2, 0.25) is 0 Å². The fourth-order valence-electron chi connectivity index (χ4n) is 7.13. The standard InChI is InChI=1S/C44H16F10N2O2/c45-33-31(34(46)38(50)41(53)37(33)49)21-5-1-19-11-23(7-3-17(19)9-21)43-55-27-13-25-16-30-28(14-26(25)15-29(27)57-43)56-44(58-30)24-8-4-18-10-22(6-2-20(18)12-24)32-35(47)39(51)42(54)40(52)36(32)48/h1-16H. The van der Waals surface area contributed by atoms with Crippen LogP contribution in [0.15, 0.2) is 106 Å². The van der Waals surface area contributed by atoms with E-state index in [-0.39, 0.29) is 22.9 Å². The van der Waals surface area contributed by atoms with Gasteiger partial charge in [0, 0.05) is 11.1 Å². The molecule has 14 heteroatoms. The van der Waals surface area contributed by atoms with E-state index in [4.69, 9.17) is 8.83 Å². The zero-order chi connectivity index (χ0) is 40.3. The zero-order valence-corrected chi connectivity index (χ0v) is 28.7. The van der Waals surface area contributed by atoms with Gasteiger partial charge in [0.05, 0.1) is 11.1 Å². The number of benzene rings is 8. The number of hydrogen-bond acceptors (Lipinski definition) is 4. The SMILES string of the molecule is Fc1c(F)c(F)c(-c2ccc3cc(-c4nc5cc6cc7oc(-c8ccc9cc(-c%10c(F)c(F)c(F)c(F)c%10F)ccc9c8)nc7cc6cc5o4)ccc3c2)c(F)c1F. The molecule has 58 heavy (non-hydrogen) atoms. The molecule has 0 fully saturated rings. The Kier molecular flexibility index (Phi) is 7.68. The molecule has 0 atom stereocenters. The number of halogens is 10. The molecule has 10 rings (SSSR count). The molecule has 4 nitrogen and oxygen atoms in total. The van der Waals surface area contributed by atoms with Crippen molar-refractivity contribution in [1.82, 2.24) is 9.97 Å². The van der Waals surface area contributed by atoms with Crippen LogP contribution in [0.25, 0.3) is 99.7 Å². The first-order valence-electron chi connectivity index (χ1n) is 17.1. The van der Waals surface area contributed by atoms with Gasteiger partial charge in [-0.1, -0.05) is 36.4 Å². The van der Waals surface area contributed by atoms with Gasteiger partial charge in [-0.3, -0.25) is 0 Å². The Morgan fingerprint density at radius 2 is 0.586 bits per heavy atom. The Bertz CT molecular complexity index is 3080. The first-order chi connectivity index (χ1) is 27.8. The molecule has 2 heterocycles. The maximum atomic E-state index is 14.5. The molecule has 0 N–H and O–H groups in total. The minimum absolute atomic E-state index is 0.193. The molecule has 0 amide bonds. The first-order valence-corrected chi connectivity index (χ1v) is 17.1. The van der Waals surface area contributed by atoms with Gasteiger partial charge in [-0.2, -0.15) is 0 Å². The summed E-state index contributed by atoms with van der Waals surface area (Å²) in [6.45, 7) is 0. The Morgan fingerprint density at radius 1 is 0.293 bits per heavy atom. The lowest BCUT2D eigenvalue weighted by atomic mass is 9.98. The summed E-state index contributed by atoms with van der Waals surface area (Å²) in [4.78, 5) is 9.28. The number of rotatable bonds is 4. The molecule has 284 valence electrons. The first kappa shape index (κ1) is 35.2. The molecular formula is C44H16F10N2O2. The van der Waals surface area contributed by atoms with E-state index < -0.39 is 69.3 Å². The molecule has 8 aromatic carbocycles. The molecule has 0 radical (unpaired) electrons. The van der Waals surface area contributed by atoms with Gasteiger partial charge in [0.25, 0.3) is 0 Å². The summed E-state index contributed by atoms with van der Waals surface area (Å²) in [5, 5.41) is 3.59. The van der Waals surface area contributed by atoms with Gasteiger partial charge < -0.3 is 8.83 Å². The van der Waals surface area contributed by atoms with E-state index in [9.17, 15) is 43.9 Å². The monoisotopic (exact) mass is 794 g/mol. The van der Waals surface area contributed by atoms with Crippen LogP contribution in [-0.4, -0.2) is 9.97 Å². The lowest BCUT2D eigenvalue weighted by Crippen LogP contribution is -2.04. The van der Waals surface area contributed by atoms with Crippen LogP contribution < -0.4 is 0 Å². The maximum absolute atomic E-state index is 14.5. The van der Waals surface area contributed by atoms with Gasteiger partial charge in [0.15, 0.2) is 57.7 Å². The molecule has 0 aliphatic carbocycles. The average Bonchev–Trinajstić information content (AvgIpc) is 3.85. The minimum Gasteiger partial charge on any atom is -0.436 e. The van der Waals surface area contributed by atoms with Crippen LogP contribution in [0.4, 0.5) is 43.9 Å². The lowest BCUT2D eigenvalue weighted by Gasteiger charge is -2.10. The third kappa shape index (κ3) is 5.31. The molecule has 2 aromatic heterocycles. The topological polar surface area (TPSA) is 52.1 Å². The Morgan fingerprint density at radius 3 is 0.931 bits per heavy atom. The minimum atomic E-state index is -2.23. The highest BCUT2D eigenvalue weighted by Crippen LogP contribution is 2.38. The Hall–Kier alpha value is -7.22. The third-order valence-corrected chi connectivity index (χ3v) is 10.0. The van der Waals surface area contributed by atoms with E-state index in [1.165, 1.54) is 36.4 Å². The van der Waals surface area contributed by atoms with Crippen molar-refractivity contribution in [3.8, 4) is 45.2 Å². The Balaban J connectivity index is 0.953. The van der Waals surface area contributed by atoms with Crippen molar-refractivity contribution in [3.63, 3.8) is 0 Å². The highest BCUT2D eigenvalue weighted by atomic mass is 19.2. The van der Waals surface area contributed by atoms with E-state index in [0.717, 1.165) is 10.8 Å². The maximum Gasteiger partial charge on any atom is 0.227 e. The molecule has 0 unspecified atom stereocenters. The summed E-state index contributed by atoms with van der Waals surface area (Å²) >= 11 is 0. The summed E-state index contributed by atoms with van der Waals surface area (Å²) < 4.78 is 153. The van der Waals surface area contributed by atoms with Gasteiger partial charge >= 0.3 is 0 Å². The summed E-state index contributed by atoms with van der Waals surface area (Å²) in [6.07, 6.45) is 0. The quantitative estimate of drug-likeness (QED) is 0.101. The number of aromatic nitrogens is 2. The second-order valence-corrected chi connectivity index (χ2v) is 13.5. The van der Waals surface area contributed by atoms with Crippen molar-refractivity contribution in [2.75, 3.05) is 0 Å². The largest absolute Gasteiger partial charge is 0.436 e. The van der Waals surface area contributed by atoms with Gasteiger partial charge in [-0.25, -0.2) is 53.9 Å². The van der Waals surface area contributed by atoms with E-state index >= 15 is 0 Å². The molecular weight excluding hydrogens is 778 g/mol. The third-order valence-electron chi connectivity index (χ3n) is 10.0. The molecule has 0 spiro atoms. The van der Waals surface area contributed by atoms with Crippen LogP contribution in [0.1, 0.15) is 0 Å². The molecule has 0 saturated carbocycles. The van der Waals surface area contributed by atoms with Crippen molar-refractivity contribution in [2.45, 2.75) is 0 Å². The average molecular weight is 795 g/mol. The van der Waals surface area contributed by atoms with Crippen LogP contribution in [0.5, 0.6) is 0 Å². The van der Waals surface area contributed by atoms with Crippen LogP contribution >= 0.6 is 0 Å². The van der Waals surface area contributed by atoms with Crippen LogP contribution in [0.3, 0.4) is 0 Å². The van der Waals surface area contributed by atoms with Gasteiger partial charge in [0.1, 0.15) is 11.0 Å². The van der Waals surface area contributed by atoms with Crippen molar-refractivity contribution < 1.29 is 52.7 Å². The lowest BCUT2D eigenvalue weighted by molar-refractivity contribution is 0.381. The highest BCUT2D eigenvalue weighted by molar-refractivity contribution is 6.02. The molecule has 0 saturated heterocycles. The molecule has 10 aromatic rings. The second-order valence-electron chi connectivity index (χ2n) is 13.5. The number of nitrogens with zero attached hydrogens (tertiary/aromatic N) is 2. The van der Waals surface area contributed by atoms with Crippen molar-refractivity contribution >= 4 is 54.5 Å². The summed E-state index contributed by atoms with van der Waals surface area (Å²) in [5.41, 5.74) is 0.606. The summed E-state index contributed by atoms with van der Waals surface area (Å²) in [7, 11) is 0. The number of hydrogen-bond donors (Lipinski definition) is 0. The van der Waals surface area contributed by atoms with E-state index in [1.54, 1.807) is 60.7 Å². The van der Waals surface area contributed by atoms with Crippen LogP contribution in [0, 0.1) is 58.2 Å². The Labute approximate surface area is 317 Å². The predicted molar refractivity (Wildman–Crippen MR) is 195 cm³/mol. The smallest absolute Gasteiger partial charge is 0.227 e. The normalized spacial score (nSPS) is 12.0. The molecule has 0 aliphatic rings. The number of oxazole rings is 2. The van der Waals surface area contributed by atoms with Crippen molar-refractivity contribution in [3.05, 3.63) is 155 Å². The van der Waals surface area contributed by atoms with E-state index in [2.05, 4.69) is 9.97 Å².